The maximum atomic E-state index is 12.2. The van der Waals surface area contributed by atoms with Crippen molar-refractivity contribution in [1.82, 2.24) is 0 Å². The van der Waals surface area contributed by atoms with Crippen LogP contribution in [0.15, 0.2) is 45.0 Å². The van der Waals surface area contributed by atoms with Crippen LogP contribution in [0, 0.1) is 6.01 Å². The summed E-state index contributed by atoms with van der Waals surface area (Å²) in [5, 5.41) is 13.3. The minimum atomic E-state index is -2.24. The van der Waals surface area contributed by atoms with Gasteiger partial charge in [-0.2, -0.15) is 0 Å². The predicted molar refractivity (Wildman–Crippen MR) is 139 cm³/mol. The zero-order chi connectivity index (χ0) is 20.2. The fourth-order valence-electron chi connectivity index (χ4n) is 4.16. The third-order valence-electron chi connectivity index (χ3n) is 5.55. The molecule has 1 aliphatic heterocycles. The van der Waals surface area contributed by atoms with Gasteiger partial charge in [-0.05, 0) is 0 Å². The summed E-state index contributed by atoms with van der Waals surface area (Å²) >= 11 is 8.63. The average Bonchev–Trinajstić information content (AvgIpc) is 2.94. The van der Waals surface area contributed by atoms with Gasteiger partial charge < -0.3 is 0 Å². The van der Waals surface area contributed by atoms with Crippen molar-refractivity contribution in [2.45, 2.75) is 25.9 Å². The Kier molecular flexibility index (Phi) is 6.01. The molecule has 0 atom stereocenters. The van der Waals surface area contributed by atoms with Crippen molar-refractivity contribution in [3.05, 3.63) is 46.0 Å². The van der Waals surface area contributed by atoms with Crippen molar-refractivity contribution < 1.29 is 9.90 Å². The van der Waals surface area contributed by atoms with Crippen LogP contribution in [0.5, 0.6) is 5.75 Å². The fraction of sp³-hybridized carbons (Fsp3) is 0.200. The van der Waals surface area contributed by atoms with Crippen LogP contribution in [0.3, 0.4) is 0 Å². The van der Waals surface area contributed by atoms with Gasteiger partial charge in [-0.25, -0.2) is 0 Å². The van der Waals surface area contributed by atoms with Crippen molar-refractivity contribution in [2.24, 2.45) is 4.99 Å². The number of allylic oxidation sites excluding steroid dienone is 4. The molecule has 0 saturated carbocycles. The van der Waals surface area contributed by atoms with E-state index in [1.165, 1.54) is 15.6 Å². The van der Waals surface area contributed by atoms with Crippen LogP contribution in [-0.4, -0.2) is 39.2 Å². The molecule has 1 aromatic carbocycles. The van der Waals surface area contributed by atoms with Crippen molar-refractivity contribution >= 4 is 106 Å². The molecule has 2 heterocycles. The van der Waals surface area contributed by atoms with E-state index in [0.717, 1.165) is 38.7 Å². The average molecular weight is 743 g/mol. The van der Waals surface area contributed by atoms with Crippen LogP contribution in [0.2, 0.25) is 12.1 Å². The summed E-state index contributed by atoms with van der Waals surface area (Å²) in [5.74, 6) is 0.364. The summed E-state index contributed by atoms with van der Waals surface area (Å²) in [6.07, 6.45) is 5.27. The van der Waals surface area contributed by atoms with E-state index < -0.39 is 8.07 Å². The molecule has 4 rings (SSSR count). The maximum absolute atomic E-state index is 12.2. The van der Waals surface area contributed by atoms with Gasteiger partial charge in [0.1, 0.15) is 0 Å². The van der Waals surface area contributed by atoms with Crippen molar-refractivity contribution in [1.29, 1.82) is 0 Å². The van der Waals surface area contributed by atoms with Gasteiger partial charge >= 0.3 is 209 Å². The zero-order valence-electron chi connectivity index (χ0n) is 15.1. The fourth-order valence-corrected chi connectivity index (χ4v) is 15.2. The quantitative estimate of drug-likeness (QED) is 0.258. The van der Waals surface area contributed by atoms with E-state index in [1.54, 1.807) is 18.2 Å². The van der Waals surface area contributed by atoms with Crippen LogP contribution >= 0.6 is 61.1 Å². The molecule has 1 N–H and O–H groups in total. The number of benzene rings is 1. The number of aliphatic imine (C=N–C) groups is 1. The molecule has 0 saturated heterocycles. The normalized spacial score (nSPS) is 17.1. The number of phenols is 1. The summed E-state index contributed by atoms with van der Waals surface area (Å²) in [6, 6.07) is 5.67. The molecule has 0 amide bonds. The SMILES string of the molecule is CC[Si]1(CC)C2=CC(=O)C=CC2=Nc2ccc(O)c(-c3[se]c(I)c(Br)c3I)c21. The Hall–Kier alpha value is -0.00364. The number of hydrogen-bond acceptors (Lipinski definition) is 3. The van der Waals surface area contributed by atoms with E-state index in [-0.39, 0.29) is 20.3 Å². The van der Waals surface area contributed by atoms with E-state index in [1.807, 2.05) is 12.1 Å². The molecular weight excluding hydrogens is 727 g/mol. The van der Waals surface area contributed by atoms with Crippen LogP contribution in [0.25, 0.3) is 10.0 Å². The number of fused-ring (bicyclic) bond motifs is 2. The van der Waals surface area contributed by atoms with Crippen LogP contribution in [0.4, 0.5) is 5.69 Å². The Balaban J connectivity index is 2.14. The Labute approximate surface area is 206 Å². The molecule has 0 bridgehead atoms. The number of carbonyl (C=O) groups excluding carboxylic acids is 1. The molecule has 1 aromatic heterocycles. The zero-order valence-corrected chi connectivity index (χ0v) is 23.8. The molecule has 28 heavy (non-hydrogen) atoms. The molecule has 144 valence electrons. The third kappa shape index (κ3) is 3.13. The molecule has 0 fully saturated rings. The second-order valence-electron chi connectivity index (χ2n) is 6.77. The van der Waals surface area contributed by atoms with Gasteiger partial charge in [0.15, 0.2) is 0 Å². The number of aromatic hydroxyl groups is 1. The number of halogens is 3. The first-order valence-corrected chi connectivity index (χ1v) is 15.9. The summed E-state index contributed by atoms with van der Waals surface area (Å²) in [5.41, 5.74) is 2.85. The molecular formula is C20H16BrI2NO2SeSi. The molecule has 0 radical (unpaired) electrons. The van der Waals surface area contributed by atoms with Crippen LogP contribution in [0.1, 0.15) is 13.8 Å². The number of phenolic OH excluding ortho intramolecular Hbond substituents is 1. The molecule has 2 aromatic rings. The number of hydrogen-bond donors (Lipinski definition) is 1. The van der Waals surface area contributed by atoms with Crippen molar-refractivity contribution in [3.63, 3.8) is 0 Å². The molecule has 2 aliphatic rings. The van der Waals surface area contributed by atoms with Gasteiger partial charge in [0, 0.05) is 0 Å². The standard InChI is InChI=1S/C20H16BrI2NO2SeSi/c1-3-28(4-2)14-9-10(25)5-6-11(14)24-12-7-8-13(26)15(19(12)28)18-17(22)16(21)20(23)27-18/h5-9,26H,3-4H2,1-2H3. The Bertz CT molecular complexity index is 1120. The summed E-state index contributed by atoms with van der Waals surface area (Å²) in [7, 11) is -2.24. The van der Waals surface area contributed by atoms with Gasteiger partial charge in [0.25, 0.3) is 0 Å². The predicted octanol–water partition coefficient (Wildman–Crippen LogP) is 5.47. The molecule has 8 heteroatoms. The molecule has 3 nitrogen and oxygen atoms in total. The van der Waals surface area contributed by atoms with E-state index >= 15 is 0 Å². The van der Waals surface area contributed by atoms with E-state index in [0.29, 0.717) is 5.75 Å². The summed E-state index contributed by atoms with van der Waals surface area (Å²) in [4.78, 5) is 17.1. The van der Waals surface area contributed by atoms with Gasteiger partial charge in [-0.15, -0.1) is 0 Å². The monoisotopic (exact) mass is 743 g/mol. The number of nitrogens with zero attached hydrogens (tertiary/aromatic N) is 1. The second kappa shape index (κ2) is 7.92. The Morgan fingerprint density at radius 1 is 1.21 bits per heavy atom. The van der Waals surface area contributed by atoms with Gasteiger partial charge in [-0.1, -0.05) is 0 Å². The Morgan fingerprint density at radius 3 is 2.54 bits per heavy atom. The van der Waals surface area contributed by atoms with Crippen molar-refractivity contribution in [3.8, 4) is 15.8 Å². The topological polar surface area (TPSA) is 49.7 Å². The summed E-state index contributed by atoms with van der Waals surface area (Å²) in [6.45, 7) is 4.44. The molecule has 0 spiro atoms. The second-order valence-corrected chi connectivity index (χ2v) is 18.1. The first-order chi connectivity index (χ1) is 13.3. The first-order valence-electron chi connectivity index (χ1n) is 8.87. The van der Waals surface area contributed by atoms with E-state index in [4.69, 9.17) is 4.99 Å². The van der Waals surface area contributed by atoms with E-state index in [9.17, 15) is 9.90 Å². The summed E-state index contributed by atoms with van der Waals surface area (Å²) < 4.78 is 4.83. The number of ketones is 1. The van der Waals surface area contributed by atoms with Gasteiger partial charge in [-0.3, -0.25) is 0 Å². The Morgan fingerprint density at radius 2 is 1.93 bits per heavy atom. The van der Waals surface area contributed by atoms with Crippen LogP contribution < -0.4 is 5.19 Å². The number of carbonyl (C=O) groups is 1. The van der Waals surface area contributed by atoms with Crippen LogP contribution in [-0.2, 0) is 4.79 Å². The molecule has 0 unspecified atom stereocenters. The number of rotatable bonds is 3. The third-order valence-corrected chi connectivity index (χ3v) is 19.4. The van der Waals surface area contributed by atoms with Gasteiger partial charge in [0.05, 0.1) is 0 Å². The first kappa shape index (κ1) is 21.2. The van der Waals surface area contributed by atoms with E-state index in [2.05, 4.69) is 75.0 Å². The van der Waals surface area contributed by atoms with Crippen molar-refractivity contribution in [2.75, 3.05) is 0 Å². The molecule has 1 aliphatic carbocycles. The van der Waals surface area contributed by atoms with Gasteiger partial charge in [0.2, 0.25) is 0 Å². The minimum absolute atomic E-state index is 0.0377.